The van der Waals surface area contributed by atoms with Gasteiger partial charge in [-0.3, -0.25) is 19.9 Å². The lowest BCUT2D eigenvalue weighted by molar-refractivity contribution is -0.207. The second kappa shape index (κ2) is 13.3. The molecule has 10 rings (SSSR count). The number of phenolic OH excluding ortho intramolecular Hbond substituents is 1. The molecule has 14 heteroatoms. The van der Waals surface area contributed by atoms with Gasteiger partial charge in [0.1, 0.15) is 18.1 Å². The lowest BCUT2D eigenvalue weighted by atomic mass is 9.85. The van der Waals surface area contributed by atoms with Crippen LogP contribution in [0.15, 0.2) is 30.3 Å². The van der Waals surface area contributed by atoms with Crippen LogP contribution in [0.25, 0.3) is 10.9 Å². The fraction of sp³-hybridized carbons (Fsp3) is 0.476. The number of carbonyl (C=O) groups excluding carboxylic acids is 2. The van der Waals surface area contributed by atoms with Crippen molar-refractivity contribution in [1.29, 1.82) is 0 Å². The Morgan fingerprint density at radius 3 is 2.61 bits per heavy atom. The number of cyclic esters (lactones) is 1. The van der Waals surface area contributed by atoms with Crippen LogP contribution in [-0.4, -0.2) is 100 Å². The Hall–Kier alpha value is -4.47. The molecule has 0 radical (unpaired) electrons. The molecule has 4 aromatic rings. The number of piperazine rings is 1. The summed E-state index contributed by atoms with van der Waals surface area (Å²) in [7, 11) is 3.52. The first-order chi connectivity index (χ1) is 26.8. The number of aliphatic hydroxyl groups is 1. The number of thioether (sulfide) groups is 1. The Balaban J connectivity index is 1.27. The number of ether oxygens (including phenoxy) is 5. The number of hydrogen-bond acceptors (Lipinski definition) is 13. The van der Waals surface area contributed by atoms with Gasteiger partial charge in [-0.25, -0.2) is 4.79 Å². The number of hydrogen-bond donors (Lipinski definition) is 4. The van der Waals surface area contributed by atoms with E-state index in [1.54, 1.807) is 18.9 Å². The number of aromatic hydroxyl groups is 1. The summed E-state index contributed by atoms with van der Waals surface area (Å²) < 4.78 is 30.5. The van der Waals surface area contributed by atoms with Crippen LogP contribution < -0.4 is 24.3 Å². The second-order valence-corrected chi connectivity index (χ2v) is 17.1. The molecule has 1 aromatic heterocycles. The maximum Gasteiger partial charge on any atom is 0.333 e. The van der Waals surface area contributed by atoms with E-state index in [1.807, 2.05) is 52.1 Å². The van der Waals surface area contributed by atoms with E-state index in [2.05, 4.69) is 33.1 Å². The molecular weight excluding hydrogens is 737 g/mol. The number of H-pyrrole nitrogens is 1. The summed E-state index contributed by atoms with van der Waals surface area (Å²) in [6, 6.07) is 8.41. The SMILES string of the molecule is COc1c(C)cc2c(c1O)[C@H]1[C@@H]3CSC[C@]4(N[C@H](C)Cc5c4[nH]c4ccccc54)C(=O)OCC(c4c(C)c(OC(C)=O)c(C)c5c4OCO5)N3C(O)(C2)CN1C. The second-order valence-electron chi connectivity index (χ2n) is 16.1. The number of aromatic amines is 1. The van der Waals surface area contributed by atoms with E-state index in [-0.39, 0.29) is 38.2 Å². The van der Waals surface area contributed by atoms with Gasteiger partial charge in [0.25, 0.3) is 0 Å². The van der Waals surface area contributed by atoms with Crippen LogP contribution in [0.4, 0.5) is 0 Å². The highest BCUT2D eigenvalue weighted by Gasteiger charge is 2.58. The molecule has 6 aliphatic rings. The molecule has 3 aromatic carbocycles. The van der Waals surface area contributed by atoms with Crippen LogP contribution in [0.1, 0.15) is 70.6 Å². The molecule has 4 N–H and O–H groups in total. The summed E-state index contributed by atoms with van der Waals surface area (Å²) >= 11 is 1.61. The number of esters is 2. The number of likely N-dealkylation sites (N-methyl/N-ethyl adjacent to an activating group) is 1. The van der Waals surface area contributed by atoms with Gasteiger partial charge in [0.2, 0.25) is 6.79 Å². The lowest BCUT2D eigenvalue weighted by Crippen LogP contribution is -2.68. The number of nitrogens with zero attached hydrogens (tertiary/aromatic N) is 2. The number of methoxy groups -OCH3 is 1. The van der Waals surface area contributed by atoms with E-state index in [9.17, 15) is 15.0 Å². The van der Waals surface area contributed by atoms with Crippen molar-refractivity contribution in [3.63, 3.8) is 0 Å². The first-order valence-corrected chi connectivity index (χ1v) is 20.3. The fourth-order valence-electron chi connectivity index (χ4n) is 10.5. The summed E-state index contributed by atoms with van der Waals surface area (Å²) in [4.78, 5) is 35.3. The molecule has 0 saturated carbocycles. The van der Waals surface area contributed by atoms with Crippen molar-refractivity contribution in [2.45, 2.75) is 82.9 Å². The number of phenols is 1. The topological polar surface area (TPSA) is 155 Å². The molecule has 2 saturated heterocycles. The van der Waals surface area contributed by atoms with Gasteiger partial charge in [0.15, 0.2) is 28.5 Å². The molecule has 13 nitrogen and oxygen atoms in total. The Bertz CT molecular complexity index is 2310. The maximum atomic E-state index is 15.0. The van der Waals surface area contributed by atoms with Gasteiger partial charge in [-0.1, -0.05) is 24.3 Å². The third-order valence-corrected chi connectivity index (χ3v) is 13.7. The number of fused-ring (bicyclic) bond motifs is 6. The number of para-hydroxylation sites is 1. The van der Waals surface area contributed by atoms with Crippen molar-refractivity contribution < 1.29 is 43.5 Å². The van der Waals surface area contributed by atoms with Gasteiger partial charge < -0.3 is 38.9 Å². The minimum Gasteiger partial charge on any atom is -0.504 e. The first-order valence-electron chi connectivity index (χ1n) is 19.1. The van der Waals surface area contributed by atoms with E-state index in [0.29, 0.717) is 56.8 Å². The summed E-state index contributed by atoms with van der Waals surface area (Å²) in [5.41, 5.74) is 4.20. The molecule has 296 valence electrons. The molecule has 0 amide bonds. The van der Waals surface area contributed by atoms with Crippen LogP contribution in [0.5, 0.6) is 28.7 Å². The molecule has 2 unspecified atom stereocenters. The van der Waals surface area contributed by atoms with Gasteiger partial charge in [-0.05, 0) is 63.9 Å². The average molecular weight is 785 g/mol. The van der Waals surface area contributed by atoms with Crippen LogP contribution in [0.3, 0.4) is 0 Å². The Morgan fingerprint density at radius 1 is 1.07 bits per heavy atom. The third kappa shape index (κ3) is 5.36. The van der Waals surface area contributed by atoms with Crippen molar-refractivity contribution >= 4 is 34.6 Å². The number of nitrogens with one attached hydrogen (secondary N) is 2. The zero-order valence-corrected chi connectivity index (χ0v) is 33.5. The zero-order valence-electron chi connectivity index (χ0n) is 32.7. The minimum absolute atomic E-state index is 0.0372. The Morgan fingerprint density at radius 2 is 1.84 bits per heavy atom. The smallest absolute Gasteiger partial charge is 0.333 e. The zero-order chi connectivity index (χ0) is 39.4. The van der Waals surface area contributed by atoms with Crippen LogP contribution in [-0.2, 0) is 32.7 Å². The highest BCUT2D eigenvalue weighted by Crippen LogP contribution is 2.57. The summed E-state index contributed by atoms with van der Waals surface area (Å²) in [5.74, 6) is 1.55. The Kier molecular flexibility index (Phi) is 8.82. The monoisotopic (exact) mass is 784 g/mol. The molecule has 2 bridgehead atoms. The van der Waals surface area contributed by atoms with Gasteiger partial charge in [-0.15, -0.1) is 0 Å². The molecule has 6 aliphatic heterocycles. The molecular formula is C42H48N4O9S. The van der Waals surface area contributed by atoms with Crippen molar-refractivity contribution in [3.8, 4) is 28.7 Å². The lowest BCUT2D eigenvalue weighted by Gasteiger charge is -2.56. The van der Waals surface area contributed by atoms with Crippen molar-refractivity contribution in [1.82, 2.24) is 20.1 Å². The van der Waals surface area contributed by atoms with E-state index >= 15 is 4.79 Å². The van der Waals surface area contributed by atoms with E-state index in [0.717, 1.165) is 39.7 Å². The molecule has 7 heterocycles. The van der Waals surface area contributed by atoms with E-state index in [4.69, 9.17) is 23.7 Å². The number of carbonyl (C=O) groups is 2. The summed E-state index contributed by atoms with van der Waals surface area (Å²) in [5, 5.41) is 30.0. The quantitative estimate of drug-likeness (QED) is 0.166. The largest absolute Gasteiger partial charge is 0.504 e. The standard InChI is InChI=1S/C42H48N4O9S/c1-20-12-25-14-41(50)17-45(6)33(32(25)34(48)35(20)51-7)30-16-56-18-42(39-27(13-21(2)44-42)26-10-8-9-11-28(26)43-39)40(49)52-15-29(46(30)41)31-22(3)36(55-24(5)47)23(4)37-38(31)54-19-53-37/h8-12,21,29-30,33,43-44,48,50H,13-19H2,1-7H3/t21-,29?,30+,33-,41?,42-/m1/s1. The molecule has 1 spiro atoms. The number of benzene rings is 3. The summed E-state index contributed by atoms with van der Waals surface area (Å²) in [6.07, 6.45) is 0.913. The van der Waals surface area contributed by atoms with Gasteiger partial charge in [0.05, 0.1) is 24.9 Å². The third-order valence-electron chi connectivity index (χ3n) is 12.5. The Labute approximate surface area is 329 Å². The highest BCUT2D eigenvalue weighted by molar-refractivity contribution is 7.99. The van der Waals surface area contributed by atoms with Gasteiger partial charge in [-0.2, -0.15) is 11.8 Å². The molecule has 56 heavy (non-hydrogen) atoms. The van der Waals surface area contributed by atoms with Crippen LogP contribution >= 0.6 is 11.8 Å². The molecule has 6 atom stereocenters. The van der Waals surface area contributed by atoms with Crippen molar-refractivity contribution in [2.75, 3.05) is 45.6 Å². The highest BCUT2D eigenvalue weighted by atomic mass is 32.2. The van der Waals surface area contributed by atoms with E-state index in [1.165, 1.54) is 6.92 Å². The number of rotatable bonds is 3. The fourth-order valence-corrected chi connectivity index (χ4v) is 11.9. The van der Waals surface area contributed by atoms with Crippen molar-refractivity contribution in [2.24, 2.45) is 0 Å². The van der Waals surface area contributed by atoms with Gasteiger partial charge in [0, 0.05) is 76.6 Å². The van der Waals surface area contributed by atoms with Crippen molar-refractivity contribution in [3.05, 3.63) is 75.0 Å². The molecule has 0 aliphatic carbocycles. The van der Waals surface area contributed by atoms with Gasteiger partial charge >= 0.3 is 11.9 Å². The van der Waals surface area contributed by atoms with Crippen LogP contribution in [0.2, 0.25) is 0 Å². The average Bonchev–Trinajstić information content (AvgIpc) is 3.73. The predicted octanol–water partition coefficient (Wildman–Crippen LogP) is 4.82. The first kappa shape index (κ1) is 37.1. The number of aryl methyl sites for hydroxylation is 1. The maximum absolute atomic E-state index is 15.0. The summed E-state index contributed by atoms with van der Waals surface area (Å²) in [6.45, 7) is 9.00. The van der Waals surface area contributed by atoms with Crippen LogP contribution in [0, 0.1) is 20.8 Å². The minimum atomic E-state index is -1.52. The molecule has 2 fully saturated rings. The number of aromatic nitrogens is 1. The predicted molar refractivity (Wildman–Crippen MR) is 210 cm³/mol. The van der Waals surface area contributed by atoms with E-state index < -0.39 is 41.3 Å². The normalized spacial score (nSPS) is 28.7.